The summed E-state index contributed by atoms with van der Waals surface area (Å²) in [6, 6.07) is 6.25. The van der Waals surface area contributed by atoms with Crippen molar-refractivity contribution in [2.75, 3.05) is 6.26 Å². The van der Waals surface area contributed by atoms with Gasteiger partial charge in [-0.1, -0.05) is 6.07 Å². The smallest absolute Gasteiger partial charge is 0.264 e. The minimum absolute atomic E-state index is 0.287. The molecule has 2 rings (SSSR count). The molecule has 0 atom stereocenters. The summed E-state index contributed by atoms with van der Waals surface area (Å²) in [5, 5.41) is 5.94. The molecule has 1 aromatic heterocycles. The van der Waals surface area contributed by atoms with Crippen molar-refractivity contribution in [3.05, 3.63) is 46.6 Å². The van der Waals surface area contributed by atoms with Crippen molar-refractivity contribution in [2.45, 2.75) is 4.90 Å². The molecule has 0 amide bonds. The Morgan fingerprint density at radius 2 is 2.12 bits per heavy atom. The van der Waals surface area contributed by atoms with Crippen molar-refractivity contribution in [1.82, 2.24) is 10.2 Å². The van der Waals surface area contributed by atoms with Crippen LogP contribution in [0.5, 0.6) is 0 Å². The van der Waals surface area contributed by atoms with Gasteiger partial charge in [-0.25, -0.2) is 9.49 Å². The van der Waals surface area contributed by atoms with Crippen LogP contribution < -0.4 is 5.56 Å². The van der Waals surface area contributed by atoms with Crippen LogP contribution in [-0.4, -0.2) is 16.5 Å². The van der Waals surface area contributed by atoms with Crippen LogP contribution in [-0.2, 0) is 0 Å². The van der Waals surface area contributed by atoms with E-state index in [1.165, 1.54) is 30.1 Å². The quantitative estimate of drug-likeness (QED) is 0.814. The number of hydrogen-bond acceptors (Lipinski definition) is 3. The zero-order valence-corrected chi connectivity index (χ0v) is 9.34. The van der Waals surface area contributed by atoms with Gasteiger partial charge in [0.1, 0.15) is 5.82 Å². The lowest BCUT2D eigenvalue weighted by atomic mass is 10.1. The molecule has 0 bridgehead atoms. The predicted octanol–water partition coefficient (Wildman–Crippen LogP) is 2.30. The Bertz CT molecular complexity index is 568. The van der Waals surface area contributed by atoms with Crippen molar-refractivity contribution in [3.63, 3.8) is 0 Å². The highest BCUT2D eigenvalue weighted by molar-refractivity contribution is 7.98. The summed E-state index contributed by atoms with van der Waals surface area (Å²) in [6.07, 6.45) is 3.31. The molecule has 0 aliphatic carbocycles. The van der Waals surface area contributed by atoms with E-state index in [4.69, 9.17) is 0 Å². The van der Waals surface area contributed by atoms with Crippen molar-refractivity contribution in [3.8, 4) is 11.1 Å². The Kier molecular flexibility index (Phi) is 3.05. The first-order chi connectivity index (χ1) is 7.70. The average Bonchev–Trinajstić information content (AvgIpc) is 2.29. The molecule has 82 valence electrons. The maximum Gasteiger partial charge on any atom is 0.264 e. The highest BCUT2D eigenvalue weighted by atomic mass is 32.2. The Labute approximate surface area is 95.7 Å². The Balaban J connectivity index is 2.49. The molecule has 0 fully saturated rings. The minimum atomic E-state index is -0.299. The van der Waals surface area contributed by atoms with E-state index in [2.05, 4.69) is 10.2 Å². The van der Waals surface area contributed by atoms with Crippen molar-refractivity contribution >= 4 is 11.8 Å². The fraction of sp³-hybridized carbons (Fsp3) is 0.0909. The molecule has 0 radical (unpaired) electrons. The second kappa shape index (κ2) is 4.49. The van der Waals surface area contributed by atoms with Gasteiger partial charge in [0.15, 0.2) is 0 Å². The average molecular weight is 236 g/mol. The number of aromatic amines is 1. The molecule has 3 nitrogen and oxygen atoms in total. The van der Waals surface area contributed by atoms with Crippen LogP contribution in [0.25, 0.3) is 11.1 Å². The monoisotopic (exact) mass is 236 g/mol. The number of halogens is 1. The predicted molar refractivity (Wildman–Crippen MR) is 62.0 cm³/mol. The minimum Gasteiger partial charge on any atom is -0.268 e. The van der Waals surface area contributed by atoms with E-state index in [9.17, 15) is 9.18 Å². The first kappa shape index (κ1) is 10.9. The van der Waals surface area contributed by atoms with Crippen LogP contribution in [0.2, 0.25) is 0 Å². The molecule has 5 heteroatoms. The Morgan fingerprint density at radius 3 is 2.75 bits per heavy atom. The fourth-order valence-electron chi connectivity index (χ4n) is 1.38. The molecule has 1 N–H and O–H groups in total. The molecule has 0 aliphatic rings. The van der Waals surface area contributed by atoms with Gasteiger partial charge in [-0.2, -0.15) is 5.10 Å². The molecule has 0 spiro atoms. The third kappa shape index (κ3) is 2.14. The van der Waals surface area contributed by atoms with E-state index in [1.807, 2.05) is 6.26 Å². The second-order valence-electron chi connectivity index (χ2n) is 3.18. The number of aromatic nitrogens is 2. The number of rotatable bonds is 2. The normalized spacial score (nSPS) is 10.4. The number of benzene rings is 1. The standard InChI is InChI=1S/C11H9FN2OS/c1-16-10-3-2-7(4-9(10)12)8-5-11(15)14-13-6-8/h2-6H,1H3,(H,14,15). The zero-order chi connectivity index (χ0) is 11.5. The number of nitrogens with zero attached hydrogens (tertiary/aromatic N) is 1. The molecule has 16 heavy (non-hydrogen) atoms. The van der Waals surface area contributed by atoms with Gasteiger partial charge in [-0.15, -0.1) is 11.8 Å². The Morgan fingerprint density at radius 1 is 1.31 bits per heavy atom. The molecule has 2 aromatic rings. The first-order valence-electron chi connectivity index (χ1n) is 4.59. The molecular formula is C11H9FN2OS. The van der Waals surface area contributed by atoms with E-state index in [0.717, 1.165) is 0 Å². The van der Waals surface area contributed by atoms with E-state index in [0.29, 0.717) is 16.0 Å². The van der Waals surface area contributed by atoms with Gasteiger partial charge < -0.3 is 0 Å². The summed E-state index contributed by atoms with van der Waals surface area (Å²) in [5.74, 6) is -0.287. The van der Waals surface area contributed by atoms with Crippen LogP contribution in [0.3, 0.4) is 0 Å². The van der Waals surface area contributed by atoms with Crippen molar-refractivity contribution < 1.29 is 4.39 Å². The fourth-order valence-corrected chi connectivity index (χ4v) is 1.84. The SMILES string of the molecule is CSc1ccc(-c2cn[nH]c(=O)c2)cc1F. The van der Waals surface area contributed by atoms with E-state index in [1.54, 1.807) is 12.1 Å². The number of hydrogen-bond donors (Lipinski definition) is 1. The molecule has 1 heterocycles. The first-order valence-corrected chi connectivity index (χ1v) is 5.82. The van der Waals surface area contributed by atoms with Gasteiger partial charge in [0, 0.05) is 16.5 Å². The molecule has 0 aliphatic heterocycles. The Hall–Kier alpha value is -1.62. The molecule has 0 saturated heterocycles. The zero-order valence-electron chi connectivity index (χ0n) is 8.53. The number of nitrogens with one attached hydrogen (secondary N) is 1. The number of H-pyrrole nitrogens is 1. The van der Waals surface area contributed by atoms with Crippen LogP contribution in [0.4, 0.5) is 4.39 Å². The van der Waals surface area contributed by atoms with E-state index < -0.39 is 0 Å². The second-order valence-corrected chi connectivity index (χ2v) is 4.03. The summed E-state index contributed by atoms with van der Waals surface area (Å²) in [5.41, 5.74) is 0.955. The lowest BCUT2D eigenvalue weighted by Gasteiger charge is -2.03. The van der Waals surface area contributed by atoms with Gasteiger partial charge in [0.25, 0.3) is 5.56 Å². The van der Waals surface area contributed by atoms with Crippen LogP contribution in [0.1, 0.15) is 0 Å². The van der Waals surface area contributed by atoms with E-state index >= 15 is 0 Å². The van der Waals surface area contributed by atoms with Gasteiger partial charge in [-0.05, 0) is 24.0 Å². The summed E-state index contributed by atoms with van der Waals surface area (Å²) < 4.78 is 13.5. The third-order valence-electron chi connectivity index (χ3n) is 2.15. The highest BCUT2D eigenvalue weighted by Gasteiger charge is 2.04. The summed E-state index contributed by atoms with van der Waals surface area (Å²) in [7, 11) is 0. The molecular weight excluding hydrogens is 227 g/mol. The summed E-state index contributed by atoms with van der Waals surface area (Å²) in [6.45, 7) is 0. The van der Waals surface area contributed by atoms with Crippen LogP contribution in [0.15, 0.2) is 40.2 Å². The van der Waals surface area contributed by atoms with Gasteiger partial charge in [0.2, 0.25) is 0 Å². The van der Waals surface area contributed by atoms with Gasteiger partial charge in [-0.3, -0.25) is 4.79 Å². The number of thioether (sulfide) groups is 1. The lowest BCUT2D eigenvalue weighted by molar-refractivity contribution is 0.603. The summed E-state index contributed by atoms with van der Waals surface area (Å²) in [4.78, 5) is 11.6. The topological polar surface area (TPSA) is 45.8 Å². The van der Waals surface area contributed by atoms with Gasteiger partial charge in [0.05, 0.1) is 6.20 Å². The summed E-state index contributed by atoms with van der Waals surface area (Å²) >= 11 is 1.34. The van der Waals surface area contributed by atoms with Crippen molar-refractivity contribution in [1.29, 1.82) is 0 Å². The lowest BCUT2D eigenvalue weighted by Crippen LogP contribution is -2.05. The molecule has 0 saturated carbocycles. The van der Waals surface area contributed by atoms with Crippen LogP contribution >= 0.6 is 11.8 Å². The third-order valence-corrected chi connectivity index (χ3v) is 2.92. The largest absolute Gasteiger partial charge is 0.268 e. The van der Waals surface area contributed by atoms with Crippen molar-refractivity contribution in [2.24, 2.45) is 0 Å². The maximum atomic E-state index is 13.5. The highest BCUT2D eigenvalue weighted by Crippen LogP contribution is 2.24. The molecule has 0 unspecified atom stereocenters. The van der Waals surface area contributed by atoms with Gasteiger partial charge >= 0.3 is 0 Å². The van der Waals surface area contributed by atoms with Crippen LogP contribution in [0, 0.1) is 5.82 Å². The maximum absolute atomic E-state index is 13.5. The van der Waals surface area contributed by atoms with E-state index in [-0.39, 0.29) is 11.4 Å². The molecule has 1 aromatic carbocycles.